The lowest BCUT2D eigenvalue weighted by Crippen LogP contribution is -2.18. The standard InChI is InChI=1S/C20H32O5/c1-2-3-4-7-14(21)10-11-16-17-12-15(8-5-6-9-20(23)24)25-19(17)13-18(16)22/h8,10-11,14,16-19,21-22H,2-7,9,12-13H2,1H3,(H,23,24)/b11-10+,15-8+/t14-,16+,17+,18-,19-/m0/s1. The van der Waals surface area contributed by atoms with E-state index in [1.807, 2.05) is 18.2 Å². The zero-order chi connectivity index (χ0) is 18.2. The van der Waals surface area contributed by atoms with Gasteiger partial charge in [-0.1, -0.05) is 38.3 Å². The van der Waals surface area contributed by atoms with Crippen LogP contribution in [0.5, 0.6) is 0 Å². The number of aliphatic hydroxyl groups is 2. The molecule has 0 unspecified atom stereocenters. The maximum Gasteiger partial charge on any atom is 0.303 e. The fraction of sp³-hybridized carbons (Fsp3) is 0.750. The van der Waals surface area contributed by atoms with E-state index in [2.05, 4.69) is 6.92 Å². The highest BCUT2D eigenvalue weighted by Gasteiger charge is 2.46. The van der Waals surface area contributed by atoms with Gasteiger partial charge in [0.25, 0.3) is 0 Å². The predicted molar refractivity (Wildman–Crippen MR) is 96.0 cm³/mol. The molecule has 0 bridgehead atoms. The summed E-state index contributed by atoms with van der Waals surface area (Å²) in [6, 6.07) is 0. The highest BCUT2D eigenvalue weighted by Crippen LogP contribution is 2.45. The molecular formula is C20H32O5. The first-order chi connectivity index (χ1) is 12.0. The van der Waals surface area contributed by atoms with Crippen molar-refractivity contribution < 1.29 is 24.9 Å². The van der Waals surface area contributed by atoms with E-state index in [0.29, 0.717) is 19.3 Å². The van der Waals surface area contributed by atoms with Crippen LogP contribution in [0.1, 0.15) is 64.7 Å². The number of hydrogen-bond acceptors (Lipinski definition) is 4. The Bertz CT molecular complexity index is 484. The fourth-order valence-corrected chi connectivity index (χ4v) is 3.86. The Morgan fingerprint density at radius 2 is 2.16 bits per heavy atom. The van der Waals surface area contributed by atoms with Crippen LogP contribution >= 0.6 is 0 Å². The maximum atomic E-state index is 10.5. The lowest BCUT2D eigenvalue weighted by Gasteiger charge is -2.16. The Morgan fingerprint density at radius 1 is 1.36 bits per heavy atom. The van der Waals surface area contributed by atoms with Gasteiger partial charge in [-0.05, 0) is 25.3 Å². The summed E-state index contributed by atoms with van der Waals surface area (Å²) in [4.78, 5) is 10.5. The van der Waals surface area contributed by atoms with Gasteiger partial charge < -0.3 is 20.1 Å². The van der Waals surface area contributed by atoms with Gasteiger partial charge >= 0.3 is 5.97 Å². The molecule has 1 heterocycles. The number of aliphatic carboxylic acids is 1. The van der Waals surface area contributed by atoms with Gasteiger partial charge in [0.2, 0.25) is 0 Å². The van der Waals surface area contributed by atoms with Crippen molar-refractivity contribution in [2.75, 3.05) is 0 Å². The zero-order valence-corrected chi connectivity index (χ0v) is 15.1. The molecule has 0 aromatic rings. The van der Waals surface area contributed by atoms with Crippen LogP contribution in [0.15, 0.2) is 24.0 Å². The number of allylic oxidation sites excluding steroid dienone is 2. The third-order valence-corrected chi connectivity index (χ3v) is 5.26. The quantitative estimate of drug-likeness (QED) is 0.414. The van der Waals surface area contributed by atoms with Gasteiger partial charge in [0.15, 0.2) is 0 Å². The minimum absolute atomic E-state index is 0.0238. The minimum atomic E-state index is -0.770. The van der Waals surface area contributed by atoms with Crippen LogP contribution in [0, 0.1) is 11.8 Å². The number of ether oxygens (including phenoxy) is 1. The predicted octanol–water partition coefficient (Wildman–Crippen LogP) is 3.41. The third kappa shape index (κ3) is 6.15. The van der Waals surface area contributed by atoms with Gasteiger partial charge in [0, 0.05) is 31.1 Å². The van der Waals surface area contributed by atoms with E-state index in [1.54, 1.807) is 0 Å². The van der Waals surface area contributed by atoms with Crippen molar-refractivity contribution in [2.24, 2.45) is 11.8 Å². The van der Waals surface area contributed by atoms with E-state index in [1.165, 1.54) is 0 Å². The van der Waals surface area contributed by atoms with Crippen LogP contribution in [0.2, 0.25) is 0 Å². The molecule has 2 rings (SSSR count). The topological polar surface area (TPSA) is 87.0 Å². The Labute approximate surface area is 150 Å². The number of carboxylic acids is 1. The number of fused-ring (bicyclic) bond motifs is 1. The number of rotatable bonds is 10. The van der Waals surface area contributed by atoms with Crippen molar-refractivity contribution in [3.8, 4) is 0 Å². The molecule has 5 nitrogen and oxygen atoms in total. The molecule has 2 fully saturated rings. The van der Waals surface area contributed by atoms with Crippen molar-refractivity contribution in [1.82, 2.24) is 0 Å². The smallest absolute Gasteiger partial charge is 0.303 e. The molecule has 0 aromatic carbocycles. The summed E-state index contributed by atoms with van der Waals surface area (Å²) in [6.07, 6.45) is 12.0. The van der Waals surface area contributed by atoms with Crippen molar-refractivity contribution in [3.05, 3.63) is 24.0 Å². The first kappa shape index (κ1) is 20.0. The Balaban J connectivity index is 1.83. The van der Waals surface area contributed by atoms with E-state index in [0.717, 1.165) is 37.9 Å². The Hall–Kier alpha value is -1.33. The van der Waals surface area contributed by atoms with E-state index >= 15 is 0 Å². The van der Waals surface area contributed by atoms with Crippen LogP contribution in [0.4, 0.5) is 0 Å². The molecule has 25 heavy (non-hydrogen) atoms. The van der Waals surface area contributed by atoms with Gasteiger partial charge in [-0.25, -0.2) is 0 Å². The average Bonchev–Trinajstić information content (AvgIpc) is 3.06. The van der Waals surface area contributed by atoms with E-state index in [4.69, 9.17) is 9.84 Å². The molecule has 142 valence electrons. The molecule has 2 aliphatic rings. The monoisotopic (exact) mass is 352 g/mol. The third-order valence-electron chi connectivity index (χ3n) is 5.26. The molecule has 0 radical (unpaired) electrons. The summed E-state index contributed by atoms with van der Waals surface area (Å²) in [6.45, 7) is 2.14. The summed E-state index contributed by atoms with van der Waals surface area (Å²) in [5.41, 5.74) is 0. The molecular weight excluding hydrogens is 320 g/mol. The van der Waals surface area contributed by atoms with Crippen molar-refractivity contribution in [3.63, 3.8) is 0 Å². The van der Waals surface area contributed by atoms with Crippen LogP contribution < -0.4 is 0 Å². The van der Waals surface area contributed by atoms with Crippen LogP contribution in [-0.2, 0) is 9.53 Å². The summed E-state index contributed by atoms with van der Waals surface area (Å²) < 4.78 is 5.94. The SMILES string of the molecule is CCCCC[C@H](O)/C=C/[C@@H]1[C@H]2C/C(=C\CCCC(=O)O)O[C@H]2C[C@@H]1O. The summed E-state index contributed by atoms with van der Waals surface area (Å²) in [5, 5.41) is 29.0. The first-order valence-corrected chi connectivity index (χ1v) is 9.63. The molecule has 1 aliphatic carbocycles. The van der Waals surface area contributed by atoms with Crippen LogP contribution in [0.3, 0.4) is 0 Å². The molecule has 5 atom stereocenters. The number of aliphatic hydroxyl groups excluding tert-OH is 2. The number of hydrogen-bond donors (Lipinski definition) is 3. The normalized spacial score (nSPS) is 31.4. The molecule has 0 aromatic heterocycles. The maximum absolute atomic E-state index is 10.5. The van der Waals surface area contributed by atoms with Gasteiger partial charge in [-0.15, -0.1) is 0 Å². The zero-order valence-electron chi connectivity index (χ0n) is 15.1. The number of carboxylic acid groups (broad SMARTS) is 1. The average molecular weight is 352 g/mol. The fourth-order valence-electron chi connectivity index (χ4n) is 3.86. The molecule has 1 aliphatic heterocycles. The molecule has 1 saturated heterocycles. The van der Waals surface area contributed by atoms with E-state index in [-0.39, 0.29) is 24.4 Å². The van der Waals surface area contributed by atoms with Crippen molar-refractivity contribution >= 4 is 5.97 Å². The Morgan fingerprint density at radius 3 is 2.88 bits per heavy atom. The number of carbonyl (C=O) groups is 1. The largest absolute Gasteiger partial charge is 0.495 e. The van der Waals surface area contributed by atoms with Gasteiger partial charge in [-0.2, -0.15) is 0 Å². The van der Waals surface area contributed by atoms with Crippen molar-refractivity contribution in [2.45, 2.75) is 83.0 Å². The van der Waals surface area contributed by atoms with Gasteiger partial charge in [0.05, 0.1) is 18.0 Å². The minimum Gasteiger partial charge on any atom is -0.495 e. The Kier molecular flexibility index (Phi) is 7.97. The van der Waals surface area contributed by atoms with Crippen molar-refractivity contribution in [1.29, 1.82) is 0 Å². The van der Waals surface area contributed by atoms with Gasteiger partial charge in [-0.3, -0.25) is 4.79 Å². The lowest BCUT2D eigenvalue weighted by molar-refractivity contribution is -0.137. The molecule has 0 amide bonds. The summed E-state index contributed by atoms with van der Waals surface area (Å²) >= 11 is 0. The second-order valence-corrected chi connectivity index (χ2v) is 7.31. The second-order valence-electron chi connectivity index (χ2n) is 7.31. The number of unbranched alkanes of at least 4 members (excludes halogenated alkanes) is 3. The van der Waals surface area contributed by atoms with Crippen LogP contribution in [0.25, 0.3) is 0 Å². The van der Waals surface area contributed by atoms with E-state index < -0.39 is 18.2 Å². The summed E-state index contributed by atoms with van der Waals surface area (Å²) in [5.74, 6) is 0.429. The van der Waals surface area contributed by atoms with E-state index in [9.17, 15) is 15.0 Å². The van der Waals surface area contributed by atoms with Gasteiger partial charge in [0.1, 0.15) is 6.10 Å². The summed E-state index contributed by atoms with van der Waals surface area (Å²) in [7, 11) is 0. The second kappa shape index (κ2) is 9.97. The van der Waals surface area contributed by atoms with Crippen LogP contribution in [-0.4, -0.2) is 39.6 Å². The molecule has 3 N–H and O–H groups in total. The highest BCUT2D eigenvalue weighted by atomic mass is 16.5. The molecule has 0 spiro atoms. The lowest BCUT2D eigenvalue weighted by atomic mass is 9.90. The molecule has 1 saturated carbocycles. The first-order valence-electron chi connectivity index (χ1n) is 9.63. The molecule has 5 heteroatoms. The highest BCUT2D eigenvalue weighted by molar-refractivity contribution is 5.66.